The van der Waals surface area contributed by atoms with Crippen LogP contribution in [0.4, 0.5) is 5.69 Å². The number of sulfone groups is 1. The van der Waals surface area contributed by atoms with E-state index in [-0.39, 0.29) is 28.3 Å². The van der Waals surface area contributed by atoms with Gasteiger partial charge in [-0.25, -0.2) is 8.42 Å². The first-order valence-electron chi connectivity index (χ1n) is 9.61. The molecule has 2 rings (SSSR count). The zero-order valence-corrected chi connectivity index (χ0v) is 17.5. The number of carbonyl (C=O) groups is 2. The Labute approximate surface area is 170 Å². The number of carboxylic acid groups (broad SMARTS) is 1. The summed E-state index contributed by atoms with van der Waals surface area (Å²) in [5.41, 5.74) is 0.750. The quantitative estimate of drug-likeness (QED) is 0.538. The van der Waals surface area contributed by atoms with Crippen molar-refractivity contribution in [1.82, 2.24) is 9.78 Å². The van der Waals surface area contributed by atoms with Crippen molar-refractivity contribution in [2.45, 2.75) is 50.3 Å². The number of amides is 1. The van der Waals surface area contributed by atoms with E-state index in [1.807, 2.05) is 0 Å². The van der Waals surface area contributed by atoms with Crippen molar-refractivity contribution in [2.24, 2.45) is 7.05 Å². The van der Waals surface area contributed by atoms with Crippen molar-refractivity contribution >= 4 is 27.4 Å². The molecule has 0 bridgehead atoms. The summed E-state index contributed by atoms with van der Waals surface area (Å²) in [6, 6.07) is 5.99. The van der Waals surface area contributed by atoms with Gasteiger partial charge in [-0.15, -0.1) is 0 Å². The number of rotatable bonds is 11. The Balaban J connectivity index is 2.02. The van der Waals surface area contributed by atoms with Crippen LogP contribution in [-0.2, 0) is 28.1 Å². The molecule has 0 aliphatic carbocycles. The minimum absolute atomic E-state index is 0.108. The Morgan fingerprint density at radius 3 is 2.38 bits per heavy atom. The zero-order valence-electron chi connectivity index (χ0n) is 16.7. The Bertz CT molecular complexity index is 949. The van der Waals surface area contributed by atoms with E-state index in [1.165, 1.54) is 35.1 Å². The first-order chi connectivity index (χ1) is 13.7. The number of nitrogens with zero attached hydrogens (tertiary/aromatic N) is 2. The van der Waals surface area contributed by atoms with Crippen LogP contribution in [0.15, 0.2) is 35.4 Å². The Hall–Kier alpha value is -2.68. The molecule has 0 saturated heterocycles. The number of benzene rings is 1. The van der Waals surface area contributed by atoms with Gasteiger partial charge in [-0.05, 0) is 30.7 Å². The first kappa shape index (κ1) is 22.6. The van der Waals surface area contributed by atoms with Gasteiger partial charge >= 0.3 is 5.97 Å². The molecular formula is C20H27N3O5S. The third kappa shape index (κ3) is 6.70. The van der Waals surface area contributed by atoms with Gasteiger partial charge in [0.25, 0.3) is 5.91 Å². The lowest BCUT2D eigenvalue weighted by Gasteiger charge is -2.08. The lowest BCUT2D eigenvalue weighted by atomic mass is 10.2. The molecule has 2 aromatic rings. The molecule has 1 heterocycles. The number of unbranched alkanes of at least 4 members (excludes halogenated alkanes) is 4. The van der Waals surface area contributed by atoms with Crippen LogP contribution in [0.5, 0.6) is 0 Å². The molecule has 0 saturated carbocycles. The first-order valence-corrected chi connectivity index (χ1v) is 11.3. The van der Waals surface area contributed by atoms with Crippen LogP contribution in [-0.4, -0.2) is 40.9 Å². The van der Waals surface area contributed by atoms with E-state index in [1.54, 1.807) is 7.05 Å². The number of carboxylic acids is 1. The molecule has 1 aromatic heterocycles. The number of hydrogen-bond acceptors (Lipinski definition) is 5. The normalized spacial score (nSPS) is 11.4. The average Bonchev–Trinajstić information content (AvgIpc) is 3.01. The Kier molecular flexibility index (Phi) is 7.95. The number of anilines is 1. The largest absolute Gasteiger partial charge is 0.481 e. The second kappa shape index (κ2) is 10.2. The van der Waals surface area contributed by atoms with Crippen molar-refractivity contribution in [3.05, 3.63) is 41.7 Å². The van der Waals surface area contributed by atoms with E-state index < -0.39 is 21.7 Å². The number of carbonyl (C=O) groups excluding carboxylic acids is 1. The molecular weight excluding hydrogens is 394 g/mol. The lowest BCUT2D eigenvalue weighted by molar-refractivity contribution is -0.136. The fourth-order valence-electron chi connectivity index (χ4n) is 2.96. The summed E-state index contributed by atoms with van der Waals surface area (Å²) >= 11 is 0. The fraction of sp³-hybridized carbons (Fsp3) is 0.450. The van der Waals surface area contributed by atoms with Gasteiger partial charge in [0.05, 0.1) is 28.3 Å². The van der Waals surface area contributed by atoms with E-state index in [2.05, 4.69) is 17.3 Å². The molecule has 8 nitrogen and oxygen atoms in total. The third-order valence-corrected chi connectivity index (χ3v) is 6.27. The van der Waals surface area contributed by atoms with Gasteiger partial charge in [0.2, 0.25) is 0 Å². The number of aryl methyl sites for hydroxylation is 1. The molecule has 1 amide bonds. The number of nitrogens with one attached hydrogen (secondary N) is 1. The zero-order chi connectivity index (χ0) is 21.4. The average molecular weight is 422 g/mol. The maximum atomic E-state index is 12.5. The summed E-state index contributed by atoms with van der Waals surface area (Å²) < 4.78 is 26.2. The minimum atomic E-state index is -3.35. The molecule has 0 atom stereocenters. The van der Waals surface area contributed by atoms with Gasteiger partial charge in [-0.3, -0.25) is 14.3 Å². The third-order valence-electron chi connectivity index (χ3n) is 4.46. The van der Waals surface area contributed by atoms with Crippen molar-refractivity contribution in [3.8, 4) is 0 Å². The summed E-state index contributed by atoms with van der Waals surface area (Å²) in [6.45, 7) is 2.11. The van der Waals surface area contributed by atoms with Crippen LogP contribution < -0.4 is 5.32 Å². The van der Waals surface area contributed by atoms with Crippen molar-refractivity contribution in [2.75, 3.05) is 11.1 Å². The second-order valence-corrected chi connectivity index (χ2v) is 9.05. The number of hydrogen-bond donors (Lipinski definition) is 2. The van der Waals surface area contributed by atoms with Gasteiger partial charge in [0, 0.05) is 18.9 Å². The van der Waals surface area contributed by atoms with Crippen LogP contribution in [0.3, 0.4) is 0 Å². The van der Waals surface area contributed by atoms with Gasteiger partial charge < -0.3 is 10.4 Å². The van der Waals surface area contributed by atoms with Crippen molar-refractivity contribution in [1.29, 1.82) is 0 Å². The second-order valence-electron chi connectivity index (χ2n) is 6.95. The highest BCUT2D eigenvalue weighted by atomic mass is 32.2. The van der Waals surface area contributed by atoms with Gasteiger partial charge in [-0.1, -0.05) is 32.6 Å². The van der Waals surface area contributed by atoms with E-state index in [0.717, 1.165) is 25.7 Å². The van der Waals surface area contributed by atoms with Gasteiger partial charge in [-0.2, -0.15) is 5.10 Å². The predicted molar refractivity (Wildman–Crippen MR) is 110 cm³/mol. The SMILES string of the molecule is CCCCCCCS(=O)(=O)c1ccc(NC(=O)c2cn(C)nc2CC(=O)O)cc1. The highest BCUT2D eigenvalue weighted by molar-refractivity contribution is 7.91. The van der Waals surface area contributed by atoms with E-state index >= 15 is 0 Å². The predicted octanol–water partition coefficient (Wildman–Crippen LogP) is 3.04. The Morgan fingerprint density at radius 2 is 1.76 bits per heavy atom. The summed E-state index contributed by atoms with van der Waals surface area (Å²) in [4.78, 5) is 23.6. The molecule has 0 unspecified atom stereocenters. The molecule has 158 valence electrons. The van der Waals surface area contributed by atoms with E-state index in [4.69, 9.17) is 5.11 Å². The number of aliphatic carboxylic acids is 1. The molecule has 1 aromatic carbocycles. The Morgan fingerprint density at radius 1 is 1.10 bits per heavy atom. The van der Waals surface area contributed by atoms with Crippen LogP contribution >= 0.6 is 0 Å². The molecule has 0 aliphatic rings. The van der Waals surface area contributed by atoms with Crippen molar-refractivity contribution in [3.63, 3.8) is 0 Å². The highest BCUT2D eigenvalue weighted by Crippen LogP contribution is 2.18. The monoisotopic (exact) mass is 421 g/mol. The molecule has 0 aliphatic heterocycles. The van der Waals surface area contributed by atoms with E-state index in [9.17, 15) is 18.0 Å². The fourth-order valence-corrected chi connectivity index (χ4v) is 4.33. The van der Waals surface area contributed by atoms with Crippen molar-refractivity contribution < 1.29 is 23.1 Å². The van der Waals surface area contributed by atoms with Gasteiger partial charge in [0.15, 0.2) is 9.84 Å². The molecule has 29 heavy (non-hydrogen) atoms. The van der Waals surface area contributed by atoms with Crippen LogP contribution in [0.2, 0.25) is 0 Å². The summed E-state index contributed by atoms with van der Waals surface area (Å²) in [5, 5.41) is 15.6. The highest BCUT2D eigenvalue weighted by Gasteiger charge is 2.19. The number of aromatic nitrogens is 2. The topological polar surface area (TPSA) is 118 Å². The van der Waals surface area contributed by atoms with Crippen LogP contribution in [0.25, 0.3) is 0 Å². The van der Waals surface area contributed by atoms with Crippen LogP contribution in [0, 0.1) is 0 Å². The molecule has 0 fully saturated rings. The summed E-state index contributed by atoms with van der Waals surface area (Å²) in [6.07, 6.45) is 5.87. The smallest absolute Gasteiger partial charge is 0.309 e. The lowest BCUT2D eigenvalue weighted by Crippen LogP contribution is -2.15. The minimum Gasteiger partial charge on any atom is -0.481 e. The molecule has 2 N–H and O–H groups in total. The maximum absolute atomic E-state index is 12.5. The maximum Gasteiger partial charge on any atom is 0.309 e. The van der Waals surface area contributed by atoms with Crippen LogP contribution in [0.1, 0.15) is 55.1 Å². The molecule has 0 spiro atoms. The summed E-state index contributed by atoms with van der Waals surface area (Å²) in [5.74, 6) is -1.47. The summed E-state index contributed by atoms with van der Waals surface area (Å²) in [7, 11) is -1.75. The standard InChI is InChI=1S/C20H27N3O5S/c1-3-4-5-6-7-12-29(27,28)16-10-8-15(9-11-16)21-20(26)17-14-23(2)22-18(17)13-19(24)25/h8-11,14H,3-7,12-13H2,1-2H3,(H,21,26)(H,24,25). The van der Waals surface area contributed by atoms with E-state index in [0.29, 0.717) is 12.1 Å². The van der Waals surface area contributed by atoms with Gasteiger partial charge in [0.1, 0.15) is 0 Å². The molecule has 9 heteroatoms. The molecule has 0 radical (unpaired) electrons.